The first kappa shape index (κ1) is 27.2. The highest BCUT2D eigenvalue weighted by Crippen LogP contribution is 2.36. The minimum atomic E-state index is -0.509. The number of amides is 1. The number of pyridine rings is 1. The summed E-state index contributed by atoms with van der Waals surface area (Å²) in [6, 6.07) is 13.1. The molecule has 0 saturated carbocycles. The van der Waals surface area contributed by atoms with Crippen LogP contribution in [0, 0.1) is 11.3 Å². The minimum absolute atomic E-state index is 0.258. The number of hydrogen-bond donors (Lipinski definition) is 0. The van der Waals surface area contributed by atoms with Gasteiger partial charge in [0.05, 0.1) is 5.56 Å². The van der Waals surface area contributed by atoms with Gasteiger partial charge in [-0.15, -0.1) is 0 Å². The Bertz CT molecular complexity index is 1200. The van der Waals surface area contributed by atoms with Crippen molar-refractivity contribution in [1.82, 2.24) is 19.7 Å². The molecular formula is C30H41N7O2. The van der Waals surface area contributed by atoms with Crippen LogP contribution in [0.5, 0.6) is 0 Å². The van der Waals surface area contributed by atoms with Gasteiger partial charge in [-0.1, -0.05) is 30.3 Å². The molecule has 0 N–H and O–H groups in total. The number of likely N-dealkylation sites (N-methyl/N-ethyl adjacent to an activating group) is 1. The van der Waals surface area contributed by atoms with E-state index in [-0.39, 0.29) is 6.09 Å². The van der Waals surface area contributed by atoms with E-state index in [1.54, 1.807) is 4.90 Å². The molecule has 1 amide bonds. The zero-order chi connectivity index (χ0) is 27.6. The second-order valence-electron chi connectivity index (χ2n) is 11.9. The summed E-state index contributed by atoms with van der Waals surface area (Å²) in [7, 11) is 2.14. The van der Waals surface area contributed by atoms with E-state index in [0.29, 0.717) is 26.2 Å². The number of nitrogens with zero attached hydrogens (tertiary/aromatic N) is 7. The summed E-state index contributed by atoms with van der Waals surface area (Å²) >= 11 is 0. The van der Waals surface area contributed by atoms with Crippen molar-refractivity contribution in [2.75, 3.05) is 75.8 Å². The molecule has 2 fully saturated rings. The van der Waals surface area contributed by atoms with Crippen LogP contribution < -0.4 is 9.80 Å². The fraction of sp³-hybridized carbons (Fsp3) is 0.567. The molecule has 0 atom stereocenters. The molecule has 0 bridgehead atoms. The van der Waals surface area contributed by atoms with E-state index in [2.05, 4.69) is 57.0 Å². The molecule has 0 unspecified atom stereocenters. The van der Waals surface area contributed by atoms with Gasteiger partial charge in [0.2, 0.25) is 0 Å². The number of fused-ring (bicyclic) bond motifs is 1. The summed E-state index contributed by atoms with van der Waals surface area (Å²) in [4.78, 5) is 29.0. The van der Waals surface area contributed by atoms with E-state index in [1.165, 1.54) is 11.1 Å². The number of piperazine rings is 2. The Morgan fingerprint density at radius 3 is 2.21 bits per heavy atom. The number of aromatic nitrogens is 1. The lowest BCUT2D eigenvalue weighted by Crippen LogP contribution is -2.51. The van der Waals surface area contributed by atoms with Crippen LogP contribution in [-0.4, -0.2) is 97.3 Å². The lowest BCUT2D eigenvalue weighted by atomic mass is 9.94. The first-order chi connectivity index (χ1) is 18.7. The molecule has 0 spiro atoms. The van der Waals surface area contributed by atoms with Crippen LogP contribution >= 0.6 is 0 Å². The molecule has 208 valence electrons. The Kier molecular flexibility index (Phi) is 7.96. The highest BCUT2D eigenvalue weighted by atomic mass is 16.6. The van der Waals surface area contributed by atoms with Crippen molar-refractivity contribution >= 4 is 17.7 Å². The fourth-order valence-electron chi connectivity index (χ4n) is 5.68. The van der Waals surface area contributed by atoms with E-state index >= 15 is 0 Å². The summed E-state index contributed by atoms with van der Waals surface area (Å²) < 4.78 is 5.61. The van der Waals surface area contributed by atoms with Crippen molar-refractivity contribution in [3.63, 3.8) is 0 Å². The van der Waals surface area contributed by atoms with Crippen molar-refractivity contribution in [1.29, 1.82) is 5.26 Å². The standard InChI is InChI=1S/C30H41N7O2/c1-30(2,3)39-29(38)37-18-16-36(17-19-37)27-24-10-11-34(21-23-8-6-5-7-9-23)22-26(24)25(20-31)28(32-27)35-14-12-33(4)13-15-35/h5-9H,10-19,21-22H2,1-4H3. The van der Waals surface area contributed by atoms with Crippen molar-refractivity contribution in [2.24, 2.45) is 0 Å². The Hall–Kier alpha value is -3.35. The highest BCUT2D eigenvalue weighted by molar-refractivity contribution is 5.70. The summed E-state index contributed by atoms with van der Waals surface area (Å²) in [6.07, 6.45) is 0.598. The predicted octanol–water partition coefficient (Wildman–Crippen LogP) is 3.32. The van der Waals surface area contributed by atoms with Gasteiger partial charge in [0.1, 0.15) is 23.3 Å². The SMILES string of the molecule is CN1CCN(c2nc(N3CCN(C(=O)OC(C)(C)C)CC3)c3c(c2C#N)CN(Cc2ccccc2)CC3)CC1. The third-order valence-electron chi connectivity index (χ3n) is 7.83. The molecule has 3 aliphatic rings. The van der Waals surface area contributed by atoms with Gasteiger partial charge in [0, 0.05) is 77.6 Å². The number of rotatable bonds is 4. The van der Waals surface area contributed by atoms with Gasteiger partial charge in [0.15, 0.2) is 0 Å². The van der Waals surface area contributed by atoms with E-state index < -0.39 is 5.60 Å². The van der Waals surface area contributed by atoms with Gasteiger partial charge >= 0.3 is 6.09 Å². The topological polar surface area (TPSA) is 79.2 Å². The molecule has 9 heteroatoms. The number of nitriles is 1. The quantitative estimate of drug-likeness (QED) is 0.595. The van der Waals surface area contributed by atoms with Crippen LogP contribution in [0.25, 0.3) is 0 Å². The summed E-state index contributed by atoms with van der Waals surface area (Å²) in [5.74, 6) is 1.80. The molecule has 2 aromatic rings. The molecule has 1 aromatic carbocycles. The van der Waals surface area contributed by atoms with Crippen molar-refractivity contribution in [3.8, 4) is 6.07 Å². The van der Waals surface area contributed by atoms with E-state index in [1.807, 2.05) is 26.8 Å². The molecule has 0 radical (unpaired) electrons. The van der Waals surface area contributed by atoms with Crippen LogP contribution in [0.3, 0.4) is 0 Å². The maximum Gasteiger partial charge on any atom is 0.410 e. The molecule has 4 heterocycles. The third kappa shape index (κ3) is 6.29. The number of hydrogen-bond acceptors (Lipinski definition) is 8. The van der Waals surface area contributed by atoms with Crippen LogP contribution in [0.4, 0.5) is 16.4 Å². The smallest absolute Gasteiger partial charge is 0.410 e. The Balaban J connectivity index is 1.44. The van der Waals surface area contributed by atoms with Gasteiger partial charge in [-0.3, -0.25) is 4.90 Å². The van der Waals surface area contributed by atoms with Crippen LogP contribution in [-0.2, 0) is 24.2 Å². The lowest BCUT2D eigenvalue weighted by Gasteiger charge is -2.40. The normalized spacial score (nSPS) is 19.0. The fourth-order valence-corrected chi connectivity index (χ4v) is 5.68. The minimum Gasteiger partial charge on any atom is -0.444 e. The van der Waals surface area contributed by atoms with Crippen LogP contribution in [0.1, 0.15) is 43.0 Å². The molecular weight excluding hydrogens is 490 g/mol. The van der Waals surface area contributed by atoms with E-state index in [9.17, 15) is 10.1 Å². The molecule has 3 aliphatic heterocycles. The zero-order valence-electron chi connectivity index (χ0n) is 23.8. The lowest BCUT2D eigenvalue weighted by molar-refractivity contribution is 0.0240. The van der Waals surface area contributed by atoms with Gasteiger partial charge in [-0.2, -0.15) is 5.26 Å². The average Bonchev–Trinajstić information content (AvgIpc) is 2.92. The van der Waals surface area contributed by atoms with Gasteiger partial charge in [-0.25, -0.2) is 9.78 Å². The predicted molar refractivity (Wildman–Crippen MR) is 153 cm³/mol. The number of benzene rings is 1. The second-order valence-corrected chi connectivity index (χ2v) is 11.9. The first-order valence-corrected chi connectivity index (χ1v) is 14.1. The van der Waals surface area contributed by atoms with Crippen LogP contribution in [0.15, 0.2) is 30.3 Å². The number of carbonyl (C=O) groups excluding carboxylic acids is 1. The Morgan fingerprint density at radius 1 is 0.923 bits per heavy atom. The second kappa shape index (κ2) is 11.4. The summed E-state index contributed by atoms with van der Waals surface area (Å²) in [6.45, 7) is 14.4. The molecule has 39 heavy (non-hydrogen) atoms. The molecule has 1 aromatic heterocycles. The number of anilines is 2. The third-order valence-corrected chi connectivity index (χ3v) is 7.83. The number of ether oxygens (including phenoxy) is 1. The monoisotopic (exact) mass is 531 g/mol. The van der Waals surface area contributed by atoms with Crippen molar-refractivity contribution in [2.45, 2.75) is 45.9 Å². The molecule has 5 rings (SSSR count). The molecule has 9 nitrogen and oxygen atoms in total. The maximum absolute atomic E-state index is 12.7. The number of carbonyl (C=O) groups is 1. The first-order valence-electron chi connectivity index (χ1n) is 14.1. The van der Waals surface area contributed by atoms with Crippen LogP contribution in [0.2, 0.25) is 0 Å². The van der Waals surface area contributed by atoms with Gasteiger partial charge in [0.25, 0.3) is 0 Å². The highest BCUT2D eigenvalue weighted by Gasteiger charge is 2.33. The van der Waals surface area contributed by atoms with Crippen molar-refractivity contribution in [3.05, 3.63) is 52.6 Å². The zero-order valence-corrected chi connectivity index (χ0v) is 23.8. The average molecular weight is 532 g/mol. The van der Waals surface area contributed by atoms with Gasteiger partial charge < -0.3 is 24.3 Å². The maximum atomic E-state index is 12.7. The van der Waals surface area contributed by atoms with Gasteiger partial charge in [-0.05, 0) is 45.4 Å². The largest absolute Gasteiger partial charge is 0.444 e. The summed E-state index contributed by atoms with van der Waals surface area (Å²) in [5, 5.41) is 10.4. The van der Waals surface area contributed by atoms with Crippen molar-refractivity contribution < 1.29 is 9.53 Å². The van der Waals surface area contributed by atoms with E-state index in [4.69, 9.17) is 9.72 Å². The summed E-state index contributed by atoms with van der Waals surface area (Å²) in [5.41, 5.74) is 3.81. The molecule has 2 saturated heterocycles. The van der Waals surface area contributed by atoms with E-state index in [0.717, 1.165) is 75.0 Å². The Morgan fingerprint density at radius 2 is 1.56 bits per heavy atom. The Labute approximate surface area is 232 Å². The molecule has 0 aliphatic carbocycles.